The number of thiophene rings is 1. The molecule has 1 aliphatic rings. The molecular weight excluding hydrogens is 552 g/mol. The van der Waals surface area contributed by atoms with E-state index in [1.165, 1.54) is 11.3 Å². The van der Waals surface area contributed by atoms with Crippen LogP contribution in [0.4, 0.5) is 10.7 Å². The summed E-state index contributed by atoms with van der Waals surface area (Å²) in [6.45, 7) is 3.69. The van der Waals surface area contributed by atoms with Gasteiger partial charge in [0.05, 0.1) is 12.2 Å². The number of ether oxygens (including phenoxy) is 3. The molecule has 4 aromatic rings. The van der Waals surface area contributed by atoms with Crippen LogP contribution in [0.5, 0.6) is 17.2 Å². The SMILES string of the molecule is CCOC(=O)c1c(NC(=O)c2ccc(O[C@H](C)C(=O)Nc3ccc(Oc4ccccc4)cc3)cc2)sc2c1CCCC2. The van der Waals surface area contributed by atoms with E-state index < -0.39 is 12.1 Å². The zero-order valence-electron chi connectivity index (χ0n) is 23.5. The molecular formula is C33H32N2O6S. The Bertz CT molecular complexity index is 1550. The van der Waals surface area contributed by atoms with E-state index in [1.807, 2.05) is 30.3 Å². The predicted molar refractivity (Wildman–Crippen MR) is 163 cm³/mol. The van der Waals surface area contributed by atoms with Gasteiger partial charge in [-0.05, 0) is 106 Å². The molecule has 1 aliphatic carbocycles. The Labute approximate surface area is 248 Å². The van der Waals surface area contributed by atoms with E-state index >= 15 is 0 Å². The molecule has 0 unspecified atom stereocenters. The summed E-state index contributed by atoms with van der Waals surface area (Å²) >= 11 is 1.45. The minimum atomic E-state index is -0.783. The van der Waals surface area contributed by atoms with Crippen LogP contribution in [0.2, 0.25) is 0 Å². The van der Waals surface area contributed by atoms with Gasteiger partial charge in [-0.2, -0.15) is 0 Å². The van der Waals surface area contributed by atoms with E-state index in [0.29, 0.717) is 33.3 Å². The normalized spacial score (nSPS) is 12.9. The van der Waals surface area contributed by atoms with Crippen molar-refractivity contribution in [2.45, 2.75) is 45.6 Å². The van der Waals surface area contributed by atoms with E-state index in [4.69, 9.17) is 14.2 Å². The van der Waals surface area contributed by atoms with Crippen molar-refractivity contribution >= 4 is 39.8 Å². The van der Waals surface area contributed by atoms with Gasteiger partial charge < -0.3 is 24.8 Å². The van der Waals surface area contributed by atoms with Crippen LogP contribution in [0.1, 0.15) is 57.8 Å². The van der Waals surface area contributed by atoms with Gasteiger partial charge in [0, 0.05) is 16.1 Å². The lowest BCUT2D eigenvalue weighted by molar-refractivity contribution is -0.122. The molecule has 1 heterocycles. The zero-order chi connectivity index (χ0) is 29.5. The Balaban J connectivity index is 1.17. The van der Waals surface area contributed by atoms with Gasteiger partial charge >= 0.3 is 5.97 Å². The van der Waals surface area contributed by atoms with E-state index in [0.717, 1.165) is 41.9 Å². The quantitative estimate of drug-likeness (QED) is 0.190. The third-order valence-electron chi connectivity index (χ3n) is 6.78. The number of anilines is 2. The monoisotopic (exact) mass is 584 g/mol. The highest BCUT2D eigenvalue weighted by molar-refractivity contribution is 7.17. The van der Waals surface area contributed by atoms with Gasteiger partial charge in [-0.25, -0.2) is 4.79 Å². The molecule has 42 heavy (non-hydrogen) atoms. The van der Waals surface area contributed by atoms with Crippen LogP contribution in [-0.4, -0.2) is 30.5 Å². The van der Waals surface area contributed by atoms with Gasteiger partial charge in [0.1, 0.15) is 22.2 Å². The zero-order valence-corrected chi connectivity index (χ0v) is 24.3. The Kier molecular flexibility index (Phi) is 9.18. The number of benzene rings is 3. The van der Waals surface area contributed by atoms with Crippen LogP contribution in [0.25, 0.3) is 0 Å². The molecule has 1 aromatic heterocycles. The minimum Gasteiger partial charge on any atom is -0.481 e. The number of hydrogen-bond acceptors (Lipinski definition) is 7. The van der Waals surface area contributed by atoms with Gasteiger partial charge in [0.2, 0.25) is 0 Å². The molecule has 0 bridgehead atoms. The third-order valence-corrected chi connectivity index (χ3v) is 7.98. The molecule has 9 heteroatoms. The topological polar surface area (TPSA) is 103 Å². The molecule has 0 saturated carbocycles. The number of hydrogen-bond donors (Lipinski definition) is 2. The summed E-state index contributed by atoms with van der Waals surface area (Å²) in [5.74, 6) is 0.770. The molecule has 0 spiro atoms. The summed E-state index contributed by atoms with van der Waals surface area (Å²) in [5.41, 5.74) is 2.48. The smallest absolute Gasteiger partial charge is 0.341 e. The maximum atomic E-state index is 13.1. The highest BCUT2D eigenvalue weighted by atomic mass is 32.1. The molecule has 216 valence electrons. The van der Waals surface area contributed by atoms with Crippen LogP contribution < -0.4 is 20.1 Å². The summed E-state index contributed by atoms with van der Waals surface area (Å²) in [6, 6.07) is 23.0. The standard InChI is InChI=1S/C33H32N2O6S/c1-3-39-33(38)29-27-11-7-8-12-28(27)42-32(29)35-31(37)22-13-17-25(18-14-22)40-21(2)30(36)34-23-15-19-26(20-16-23)41-24-9-5-4-6-10-24/h4-6,9-10,13-21H,3,7-8,11-12H2,1-2H3,(H,34,36)(H,35,37)/t21-/m1/s1. The number of esters is 1. The fourth-order valence-electron chi connectivity index (χ4n) is 4.67. The first-order valence-corrected chi connectivity index (χ1v) is 14.8. The van der Waals surface area contributed by atoms with Crippen molar-refractivity contribution in [2.75, 3.05) is 17.2 Å². The fourth-order valence-corrected chi connectivity index (χ4v) is 5.94. The first-order valence-electron chi connectivity index (χ1n) is 13.9. The van der Waals surface area contributed by atoms with Crippen LogP contribution in [0.15, 0.2) is 78.9 Å². The van der Waals surface area contributed by atoms with E-state index in [-0.39, 0.29) is 18.4 Å². The average Bonchev–Trinajstić information content (AvgIpc) is 3.37. The molecule has 0 saturated heterocycles. The average molecular weight is 585 g/mol. The number of nitrogens with one attached hydrogen (secondary N) is 2. The first kappa shape index (κ1) is 28.9. The van der Waals surface area contributed by atoms with Crippen LogP contribution >= 0.6 is 11.3 Å². The van der Waals surface area contributed by atoms with Gasteiger partial charge in [0.25, 0.3) is 11.8 Å². The highest BCUT2D eigenvalue weighted by Crippen LogP contribution is 2.39. The molecule has 2 N–H and O–H groups in total. The van der Waals surface area contributed by atoms with Gasteiger partial charge in [-0.3, -0.25) is 9.59 Å². The van der Waals surface area contributed by atoms with Crippen molar-refractivity contribution in [3.8, 4) is 17.2 Å². The van der Waals surface area contributed by atoms with Crippen LogP contribution in [-0.2, 0) is 22.4 Å². The van der Waals surface area contributed by atoms with Crippen molar-refractivity contribution in [1.82, 2.24) is 0 Å². The van der Waals surface area contributed by atoms with E-state index in [9.17, 15) is 14.4 Å². The number of carbonyl (C=O) groups is 3. The number of fused-ring (bicyclic) bond motifs is 1. The van der Waals surface area contributed by atoms with Gasteiger partial charge in [0.15, 0.2) is 6.10 Å². The van der Waals surface area contributed by atoms with Crippen molar-refractivity contribution in [3.63, 3.8) is 0 Å². The maximum absolute atomic E-state index is 13.1. The third kappa shape index (κ3) is 6.98. The van der Waals surface area contributed by atoms with Crippen LogP contribution in [0.3, 0.4) is 0 Å². The number of amides is 2. The molecule has 3 aromatic carbocycles. The molecule has 0 aliphatic heterocycles. The van der Waals surface area contributed by atoms with E-state index in [2.05, 4.69) is 10.6 Å². The largest absolute Gasteiger partial charge is 0.481 e. The summed E-state index contributed by atoms with van der Waals surface area (Å²) in [5, 5.41) is 6.27. The molecule has 0 radical (unpaired) electrons. The highest BCUT2D eigenvalue weighted by Gasteiger charge is 2.27. The maximum Gasteiger partial charge on any atom is 0.341 e. The van der Waals surface area contributed by atoms with Crippen molar-refractivity contribution in [3.05, 3.63) is 100 Å². The summed E-state index contributed by atoms with van der Waals surface area (Å²) in [6.07, 6.45) is 3.00. The van der Waals surface area contributed by atoms with Gasteiger partial charge in [-0.15, -0.1) is 11.3 Å². The molecule has 2 amide bonds. The van der Waals surface area contributed by atoms with Crippen molar-refractivity contribution in [1.29, 1.82) is 0 Å². The second kappa shape index (κ2) is 13.4. The number of carbonyl (C=O) groups excluding carboxylic acids is 3. The first-order chi connectivity index (χ1) is 20.4. The lowest BCUT2D eigenvalue weighted by Gasteiger charge is -2.15. The Morgan fingerprint density at radius 2 is 1.50 bits per heavy atom. The molecule has 5 rings (SSSR count). The molecule has 8 nitrogen and oxygen atoms in total. The summed E-state index contributed by atoms with van der Waals surface area (Å²) in [7, 11) is 0. The number of para-hydroxylation sites is 1. The summed E-state index contributed by atoms with van der Waals surface area (Å²) < 4.78 is 16.9. The predicted octanol–water partition coefficient (Wildman–Crippen LogP) is 7.25. The minimum absolute atomic E-state index is 0.269. The lowest BCUT2D eigenvalue weighted by Crippen LogP contribution is -2.30. The fraction of sp³-hybridized carbons (Fsp3) is 0.242. The Morgan fingerprint density at radius 3 is 2.21 bits per heavy atom. The van der Waals surface area contributed by atoms with Crippen LogP contribution in [0, 0.1) is 0 Å². The molecule has 0 fully saturated rings. The van der Waals surface area contributed by atoms with Gasteiger partial charge in [-0.1, -0.05) is 18.2 Å². The van der Waals surface area contributed by atoms with Crippen molar-refractivity contribution < 1.29 is 28.6 Å². The Hall–Kier alpha value is -4.63. The lowest BCUT2D eigenvalue weighted by atomic mass is 9.95. The number of rotatable bonds is 10. The van der Waals surface area contributed by atoms with Crippen molar-refractivity contribution in [2.24, 2.45) is 0 Å². The second-order valence-electron chi connectivity index (χ2n) is 9.80. The number of aryl methyl sites for hydroxylation is 1. The van der Waals surface area contributed by atoms with E-state index in [1.54, 1.807) is 62.4 Å². The Morgan fingerprint density at radius 1 is 0.833 bits per heavy atom. The summed E-state index contributed by atoms with van der Waals surface area (Å²) in [4.78, 5) is 39.6. The second-order valence-corrected chi connectivity index (χ2v) is 10.9. The molecule has 1 atom stereocenters.